The number of fused-ring (bicyclic) bond motifs is 1. The highest BCUT2D eigenvalue weighted by Crippen LogP contribution is 2.16. The molecule has 86 valence electrons. The number of imidazole rings is 1. The molecule has 0 unspecified atom stereocenters. The van der Waals surface area contributed by atoms with Gasteiger partial charge in [0.2, 0.25) is 0 Å². The Morgan fingerprint density at radius 2 is 2.12 bits per heavy atom. The molecule has 0 aliphatic carbocycles. The van der Waals surface area contributed by atoms with Crippen LogP contribution < -0.4 is 5.73 Å². The molecule has 3 nitrogen and oxygen atoms in total. The molecular weight excluding hydrogens is 198 g/mol. The van der Waals surface area contributed by atoms with Gasteiger partial charge in [0, 0.05) is 12.2 Å². The number of rotatable bonds is 5. The van der Waals surface area contributed by atoms with Crippen molar-refractivity contribution in [1.29, 1.82) is 0 Å². The standard InChI is InChI=1S/C13H19N3/c1-2-3-4-5-8-16-10-15-12-9-11(14)6-7-13(12)16/h6-7,9-10H,2-5,8,14H2,1H3. The first-order chi connectivity index (χ1) is 7.81. The number of benzene rings is 1. The molecule has 0 fully saturated rings. The summed E-state index contributed by atoms with van der Waals surface area (Å²) in [6, 6.07) is 5.92. The maximum Gasteiger partial charge on any atom is 0.0958 e. The van der Waals surface area contributed by atoms with Gasteiger partial charge >= 0.3 is 0 Å². The van der Waals surface area contributed by atoms with Crippen LogP contribution in [0.5, 0.6) is 0 Å². The first kappa shape index (κ1) is 11.0. The fourth-order valence-corrected chi connectivity index (χ4v) is 1.97. The summed E-state index contributed by atoms with van der Waals surface area (Å²) in [6.07, 6.45) is 7.03. The average molecular weight is 217 g/mol. The Kier molecular flexibility index (Phi) is 3.44. The minimum Gasteiger partial charge on any atom is -0.399 e. The number of anilines is 1. The average Bonchev–Trinajstić information content (AvgIpc) is 2.67. The van der Waals surface area contributed by atoms with Crippen LogP contribution in [0, 0.1) is 0 Å². The SMILES string of the molecule is CCCCCCn1cnc2cc(N)ccc21. The molecule has 0 amide bonds. The number of nitrogens with zero attached hydrogens (tertiary/aromatic N) is 2. The Balaban J connectivity index is 2.07. The summed E-state index contributed by atoms with van der Waals surface area (Å²) in [5.74, 6) is 0. The van der Waals surface area contributed by atoms with Crippen molar-refractivity contribution in [1.82, 2.24) is 9.55 Å². The van der Waals surface area contributed by atoms with E-state index in [2.05, 4.69) is 22.5 Å². The van der Waals surface area contributed by atoms with Crippen LogP contribution >= 0.6 is 0 Å². The summed E-state index contributed by atoms with van der Waals surface area (Å²) in [7, 11) is 0. The molecular formula is C13H19N3. The van der Waals surface area contributed by atoms with E-state index in [0.29, 0.717) is 0 Å². The molecule has 0 bridgehead atoms. The molecule has 0 radical (unpaired) electrons. The van der Waals surface area contributed by atoms with Crippen LogP contribution in [0.4, 0.5) is 5.69 Å². The van der Waals surface area contributed by atoms with Gasteiger partial charge in [0.05, 0.1) is 17.4 Å². The zero-order valence-corrected chi connectivity index (χ0v) is 9.82. The molecule has 0 atom stereocenters. The first-order valence-electron chi connectivity index (χ1n) is 6.01. The molecule has 1 aromatic carbocycles. The highest BCUT2D eigenvalue weighted by molar-refractivity contribution is 5.78. The van der Waals surface area contributed by atoms with E-state index < -0.39 is 0 Å². The van der Waals surface area contributed by atoms with Gasteiger partial charge in [-0.05, 0) is 24.6 Å². The number of hydrogen-bond acceptors (Lipinski definition) is 2. The smallest absolute Gasteiger partial charge is 0.0958 e. The van der Waals surface area contributed by atoms with Crippen LogP contribution in [0.1, 0.15) is 32.6 Å². The Morgan fingerprint density at radius 3 is 2.94 bits per heavy atom. The van der Waals surface area contributed by atoms with E-state index in [0.717, 1.165) is 17.7 Å². The van der Waals surface area contributed by atoms with Gasteiger partial charge in [-0.1, -0.05) is 26.2 Å². The predicted molar refractivity (Wildman–Crippen MR) is 68.3 cm³/mol. The first-order valence-corrected chi connectivity index (χ1v) is 6.01. The zero-order valence-electron chi connectivity index (χ0n) is 9.82. The quantitative estimate of drug-likeness (QED) is 0.617. The van der Waals surface area contributed by atoms with Gasteiger partial charge in [-0.15, -0.1) is 0 Å². The van der Waals surface area contributed by atoms with Crippen LogP contribution in [-0.4, -0.2) is 9.55 Å². The number of hydrogen-bond donors (Lipinski definition) is 1. The summed E-state index contributed by atoms with van der Waals surface area (Å²) in [5, 5.41) is 0. The van der Waals surface area contributed by atoms with Crippen molar-refractivity contribution in [2.75, 3.05) is 5.73 Å². The molecule has 2 aromatic rings. The minimum absolute atomic E-state index is 0.781. The fraction of sp³-hybridized carbons (Fsp3) is 0.462. The summed E-state index contributed by atoms with van der Waals surface area (Å²) < 4.78 is 2.21. The van der Waals surface area contributed by atoms with Crippen LogP contribution in [0.3, 0.4) is 0 Å². The van der Waals surface area contributed by atoms with Crippen molar-refractivity contribution >= 4 is 16.7 Å². The Hall–Kier alpha value is -1.51. The number of aryl methyl sites for hydroxylation is 1. The summed E-state index contributed by atoms with van der Waals surface area (Å²) in [4.78, 5) is 4.36. The molecule has 1 heterocycles. The van der Waals surface area contributed by atoms with E-state index in [-0.39, 0.29) is 0 Å². The monoisotopic (exact) mass is 217 g/mol. The van der Waals surface area contributed by atoms with E-state index in [1.54, 1.807) is 0 Å². The van der Waals surface area contributed by atoms with E-state index in [4.69, 9.17) is 5.73 Å². The van der Waals surface area contributed by atoms with Gasteiger partial charge in [0.15, 0.2) is 0 Å². The molecule has 0 aliphatic heterocycles. The molecule has 2 N–H and O–H groups in total. The number of unbranched alkanes of at least 4 members (excludes halogenated alkanes) is 3. The van der Waals surface area contributed by atoms with E-state index in [1.807, 2.05) is 18.5 Å². The van der Waals surface area contributed by atoms with E-state index in [9.17, 15) is 0 Å². The number of nitrogens with two attached hydrogens (primary N) is 1. The molecule has 16 heavy (non-hydrogen) atoms. The van der Waals surface area contributed by atoms with Crippen molar-refractivity contribution in [3.05, 3.63) is 24.5 Å². The maximum absolute atomic E-state index is 5.72. The second-order valence-corrected chi connectivity index (χ2v) is 4.25. The van der Waals surface area contributed by atoms with Gasteiger partial charge in [-0.25, -0.2) is 4.98 Å². The van der Waals surface area contributed by atoms with Crippen molar-refractivity contribution in [2.24, 2.45) is 0 Å². The highest BCUT2D eigenvalue weighted by atomic mass is 15.0. The lowest BCUT2D eigenvalue weighted by atomic mass is 10.2. The number of nitrogen functional groups attached to an aromatic ring is 1. The van der Waals surface area contributed by atoms with E-state index in [1.165, 1.54) is 31.2 Å². The second-order valence-electron chi connectivity index (χ2n) is 4.25. The Labute approximate surface area is 96.3 Å². The summed E-state index contributed by atoms with van der Waals surface area (Å²) >= 11 is 0. The van der Waals surface area contributed by atoms with Crippen LogP contribution in [0.25, 0.3) is 11.0 Å². The van der Waals surface area contributed by atoms with Gasteiger partial charge in [0.1, 0.15) is 0 Å². The summed E-state index contributed by atoms with van der Waals surface area (Å²) in [5.41, 5.74) is 8.69. The Bertz CT molecular complexity index is 459. The van der Waals surface area contributed by atoms with Gasteiger partial charge < -0.3 is 10.3 Å². The van der Waals surface area contributed by atoms with Crippen LogP contribution in [0.2, 0.25) is 0 Å². The third-order valence-electron chi connectivity index (χ3n) is 2.90. The lowest BCUT2D eigenvalue weighted by Crippen LogP contribution is -1.96. The lowest BCUT2D eigenvalue weighted by molar-refractivity contribution is 0.591. The predicted octanol–water partition coefficient (Wildman–Crippen LogP) is 3.20. The van der Waals surface area contributed by atoms with Crippen LogP contribution in [0.15, 0.2) is 24.5 Å². The lowest BCUT2D eigenvalue weighted by Gasteiger charge is -2.03. The highest BCUT2D eigenvalue weighted by Gasteiger charge is 2.01. The maximum atomic E-state index is 5.72. The van der Waals surface area contributed by atoms with Crippen molar-refractivity contribution in [3.8, 4) is 0 Å². The number of aromatic nitrogens is 2. The minimum atomic E-state index is 0.781. The fourth-order valence-electron chi connectivity index (χ4n) is 1.97. The third-order valence-corrected chi connectivity index (χ3v) is 2.90. The van der Waals surface area contributed by atoms with E-state index >= 15 is 0 Å². The molecule has 1 aromatic heterocycles. The molecule has 0 spiro atoms. The molecule has 0 saturated heterocycles. The molecule has 0 aliphatic rings. The van der Waals surface area contributed by atoms with Gasteiger partial charge in [-0.2, -0.15) is 0 Å². The second kappa shape index (κ2) is 5.01. The van der Waals surface area contributed by atoms with Crippen LogP contribution in [-0.2, 0) is 6.54 Å². The zero-order chi connectivity index (χ0) is 11.4. The molecule has 3 heteroatoms. The normalized spacial score (nSPS) is 11.1. The molecule has 0 saturated carbocycles. The summed E-state index contributed by atoms with van der Waals surface area (Å²) in [6.45, 7) is 3.29. The molecule has 2 rings (SSSR count). The Morgan fingerprint density at radius 1 is 1.25 bits per heavy atom. The largest absolute Gasteiger partial charge is 0.399 e. The van der Waals surface area contributed by atoms with Crippen molar-refractivity contribution in [3.63, 3.8) is 0 Å². The van der Waals surface area contributed by atoms with Gasteiger partial charge in [0.25, 0.3) is 0 Å². The topological polar surface area (TPSA) is 43.8 Å². The van der Waals surface area contributed by atoms with Crippen molar-refractivity contribution in [2.45, 2.75) is 39.2 Å². The third kappa shape index (κ3) is 2.35. The van der Waals surface area contributed by atoms with Crippen molar-refractivity contribution < 1.29 is 0 Å². The van der Waals surface area contributed by atoms with Gasteiger partial charge in [-0.3, -0.25) is 0 Å².